The van der Waals surface area contributed by atoms with E-state index >= 15 is 0 Å². The van der Waals surface area contributed by atoms with E-state index in [0.29, 0.717) is 42.2 Å². The number of anilines is 4. The summed E-state index contributed by atoms with van der Waals surface area (Å²) in [6.45, 7) is 81.6. The number of rotatable bonds is 33. The highest BCUT2D eigenvalue weighted by atomic mass is 16.5. The summed E-state index contributed by atoms with van der Waals surface area (Å²) in [6.07, 6.45) is 30.3. The molecule has 7 N–H and O–H groups in total. The summed E-state index contributed by atoms with van der Waals surface area (Å²) in [5.74, 6) is 4.73. The number of morpholine rings is 1. The van der Waals surface area contributed by atoms with Crippen molar-refractivity contribution in [1.82, 2.24) is 81.4 Å². The Kier molecular flexibility index (Phi) is 34.8. The number of aromatic nitrogens is 6. The average Bonchev–Trinajstić information content (AvgIpc) is 0.780. The Bertz CT molecular complexity index is 3180. The minimum absolute atomic E-state index is 0.0465. The van der Waals surface area contributed by atoms with Crippen LogP contribution < -0.4 is 51.9 Å². The summed E-state index contributed by atoms with van der Waals surface area (Å²) >= 11 is 0. The molecule has 0 spiro atoms. The van der Waals surface area contributed by atoms with Gasteiger partial charge in [-0.1, -0.05) is 59.3 Å². The van der Waals surface area contributed by atoms with E-state index in [1.807, 2.05) is 13.8 Å². The molecule has 21 nitrogen and oxygen atoms in total. The first-order valence-electron chi connectivity index (χ1n) is 47.1. The molecular formula is C96H188N20O. The zero-order chi connectivity index (χ0) is 87.6. The molecule has 21 heteroatoms. The van der Waals surface area contributed by atoms with E-state index < -0.39 is 0 Å². The molecule has 7 fully saturated rings. The Morgan fingerprint density at radius 2 is 0.564 bits per heavy atom. The maximum Gasteiger partial charge on any atom is 0.230 e. The van der Waals surface area contributed by atoms with Gasteiger partial charge in [0.15, 0.2) is 0 Å². The largest absolute Gasteiger partial charge is 0.378 e. The fourth-order valence-corrected chi connectivity index (χ4v) is 23.8. The number of hydrogen-bond acceptors (Lipinski definition) is 21. The first kappa shape index (κ1) is 101. The van der Waals surface area contributed by atoms with Gasteiger partial charge < -0.3 is 76.3 Å². The SMILES string of the molecule is CN(CCCCCCN(C)C1CC(C)(C)NC(C)(C)C1)C1CC(C)(C)NC(C)(C)C1.Cc1nc(N2CCOCC2)nc(N(CCCCCCN(C)C2CC(C)(C)NC(C)(C)C2)C2CC(C)(C)NC(C)(C)C2)n1.Cc1nc(NC(C)(C)CC(C)(C)C)nc(N(CCCCCCN(C)C2CC(C)(C)NC(C)(C)C2)C2CC(C)(C)NC(C)(C)C2)n1. The van der Waals surface area contributed by atoms with E-state index in [2.05, 4.69) is 300 Å². The third-order valence-corrected chi connectivity index (χ3v) is 26.2. The molecule has 0 radical (unpaired) electrons. The van der Waals surface area contributed by atoms with Gasteiger partial charge in [0, 0.05) is 134 Å². The first-order valence-corrected chi connectivity index (χ1v) is 47.1. The van der Waals surface area contributed by atoms with Gasteiger partial charge in [-0.3, -0.25) is 0 Å². The van der Waals surface area contributed by atoms with Gasteiger partial charge in [-0.25, -0.2) is 0 Å². The van der Waals surface area contributed by atoms with Gasteiger partial charge in [0.1, 0.15) is 11.6 Å². The summed E-state index contributed by atoms with van der Waals surface area (Å²) in [5, 5.41) is 26.7. The van der Waals surface area contributed by atoms with Crippen molar-refractivity contribution in [3.63, 3.8) is 0 Å². The molecule has 2 aromatic heterocycles. The average molecular weight is 1640 g/mol. The molecule has 9 rings (SSSR count). The number of ether oxygens (including phenoxy) is 1. The third-order valence-electron chi connectivity index (χ3n) is 26.2. The standard InChI is InChI=1S/C37H72N8.C33H62N8O.C26H54N4/c1-27-38-30(41-37(13,14)26-32(2,3)4)40-31(39-27)45(29-24-35(9,10)43-36(11,12)25-29)21-19-17-16-18-20-44(15)28-22-33(5,6)42-34(7,8)23-28;1-25-34-28(40-17-19-42-20-18-40)36-29(35-25)41(27-23-32(6,7)38-33(8,9)24-27)16-14-12-11-13-15-39(10)26-21-30(2,3)37-31(4,5)22-26;1-23(2)17-21(18-24(3,4)27-23)29(9)15-13-11-12-14-16-30(10)22-19-25(5,6)28-26(7,8)20-22/h28-29,42-43H,16-26H2,1-15H3,(H,38,39,40,41);26-27,37-38H,11-24H2,1-10H3;21-22,27-28H,11-20H2,1-10H3. The van der Waals surface area contributed by atoms with Gasteiger partial charge in [-0.2, -0.15) is 29.9 Å². The van der Waals surface area contributed by atoms with Crippen molar-refractivity contribution in [2.45, 2.75) is 483 Å². The van der Waals surface area contributed by atoms with Gasteiger partial charge in [0.2, 0.25) is 23.8 Å². The molecule has 7 saturated heterocycles. The monoisotopic (exact) mass is 1640 g/mol. The van der Waals surface area contributed by atoms with Crippen LogP contribution in [0, 0.1) is 19.3 Å². The second-order valence-electron chi connectivity index (χ2n) is 48.6. The molecule has 0 aromatic carbocycles. The van der Waals surface area contributed by atoms with Gasteiger partial charge >= 0.3 is 0 Å². The highest BCUT2D eigenvalue weighted by molar-refractivity contribution is 5.42. The summed E-state index contributed by atoms with van der Waals surface area (Å²) in [7, 11) is 9.36. The predicted octanol–water partition coefficient (Wildman–Crippen LogP) is 17.7. The maximum absolute atomic E-state index is 5.59. The third kappa shape index (κ3) is 35.0. The topological polar surface area (TPSA) is 193 Å². The molecule has 0 atom stereocenters. The van der Waals surface area contributed by atoms with Crippen LogP contribution in [0.4, 0.5) is 23.8 Å². The van der Waals surface area contributed by atoms with Gasteiger partial charge in [0.05, 0.1) is 13.2 Å². The van der Waals surface area contributed by atoms with Crippen molar-refractivity contribution in [3.8, 4) is 0 Å². The Balaban J connectivity index is 0.000000247. The predicted molar refractivity (Wildman–Crippen MR) is 500 cm³/mol. The normalized spacial score (nSPS) is 23.9. The zero-order valence-corrected chi connectivity index (χ0v) is 82.9. The number of nitrogens with zero attached hydrogens (tertiary/aromatic N) is 13. The van der Waals surface area contributed by atoms with Crippen LogP contribution in [-0.4, -0.2) is 252 Å². The minimum Gasteiger partial charge on any atom is -0.378 e. The van der Waals surface area contributed by atoms with E-state index in [-0.39, 0.29) is 77.4 Å². The molecule has 7 aliphatic heterocycles. The van der Waals surface area contributed by atoms with Crippen molar-refractivity contribution in [1.29, 1.82) is 0 Å². The van der Waals surface area contributed by atoms with Crippen molar-refractivity contribution < 1.29 is 4.74 Å². The molecular weight excluding hydrogens is 1450 g/mol. The lowest BCUT2D eigenvalue weighted by Crippen LogP contribution is -2.62. The summed E-state index contributed by atoms with van der Waals surface area (Å²) in [4.78, 5) is 47.3. The molecule has 7 aliphatic rings. The first-order chi connectivity index (χ1) is 53.5. The number of piperidine rings is 6. The summed E-state index contributed by atoms with van der Waals surface area (Å²) < 4.78 is 5.59. The summed E-state index contributed by atoms with van der Waals surface area (Å²) in [5.41, 5.74) is 2.00. The Labute approximate surface area is 720 Å². The van der Waals surface area contributed by atoms with E-state index in [0.717, 1.165) is 114 Å². The van der Waals surface area contributed by atoms with E-state index in [4.69, 9.17) is 34.6 Å². The van der Waals surface area contributed by atoms with Crippen LogP contribution in [0.2, 0.25) is 0 Å². The number of aryl methyl sites for hydroxylation is 2. The Morgan fingerprint density at radius 3 is 0.829 bits per heavy atom. The lowest BCUT2D eigenvalue weighted by molar-refractivity contribution is 0.0782. The molecule has 0 unspecified atom stereocenters. The van der Waals surface area contributed by atoms with Gasteiger partial charge in [-0.05, 0) is 376 Å². The van der Waals surface area contributed by atoms with Gasteiger partial charge in [0.25, 0.3) is 0 Å². The molecule has 117 heavy (non-hydrogen) atoms. The van der Waals surface area contributed by atoms with Crippen LogP contribution in [0.3, 0.4) is 0 Å². The van der Waals surface area contributed by atoms with Crippen molar-refractivity contribution in [2.75, 3.05) is 114 Å². The van der Waals surface area contributed by atoms with E-state index in [9.17, 15) is 0 Å². The molecule has 0 aliphatic carbocycles. The number of hydrogen-bond donors (Lipinski definition) is 7. The fourth-order valence-electron chi connectivity index (χ4n) is 23.8. The van der Waals surface area contributed by atoms with Crippen LogP contribution in [0.5, 0.6) is 0 Å². The van der Waals surface area contributed by atoms with Crippen LogP contribution in [-0.2, 0) is 4.74 Å². The quantitative estimate of drug-likeness (QED) is 0.0333. The Morgan fingerprint density at radius 1 is 0.325 bits per heavy atom. The zero-order valence-electron chi connectivity index (χ0n) is 82.9. The lowest BCUT2D eigenvalue weighted by Gasteiger charge is -2.49. The second kappa shape index (κ2) is 40.4. The summed E-state index contributed by atoms with van der Waals surface area (Å²) in [6, 6.07) is 3.44. The van der Waals surface area contributed by atoms with Crippen LogP contribution in [0.1, 0.15) is 373 Å². The molecule has 678 valence electrons. The number of unbranched alkanes of at least 4 members (excludes halogenated alkanes) is 9. The van der Waals surface area contributed by atoms with Crippen molar-refractivity contribution in [2.24, 2.45) is 5.41 Å². The van der Waals surface area contributed by atoms with Crippen LogP contribution in [0.15, 0.2) is 0 Å². The molecule has 9 heterocycles. The smallest absolute Gasteiger partial charge is 0.230 e. The highest BCUT2D eigenvalue weighted by Crippen LogP contribution is 2.40. The lowest BCUT2D eigenvalue weighted by atomic mass is 9.79. The minimum atomic E-state index is -0.125. The Hall–Kier alpha value is -3.22. The van der Waals surface area contributed by atoms with Crippen LogP contribution in [0.25, 0.3) is 0 Å². The van der Waals surface area contributed by atoms with Crippen LogP contribution >= 0.6 is 0 Å². The number of nitrogens with one attached hydrogen (secondary N) is 7. The maximum atomic E-state index is 5.59. The van der Waals surface area contributed by atoms with E-state index in [1.165, 1.54) is 142 Å². The molecule has 0 amide bonds. The van der Waals surface area contributed by atoms with Crippen molar-refractivity contribution >= 4 is 23.8 Å². The fraction of sp³-hybridized carbons (Fsp3) is 0.938. The molecule has 2 aromatic rings. The second-order valence-corrected chi connectivity index (χ2v) is 48.6. The van der Waals surface area contributed by atoms with Crippen molar-refractivity contribution in [3.05, 3.63) is 11.6 Å². The molecule has 0 bridgehead atoms. The van der Waals surface area contributed by atoms with E-state index in [1.54, 1.807) is 0 Å². The van der Waals surface area contributed by atoms with Gasteiger partial charge in [-0.15, -0.1) is 0 Å². The highest BCUT2D eigenvalue weighted by Gasteiger charge is 2.46. The molecule has 0 saturated carbocycles.